The Morgan fingerprint density at radius 3 is 2.92 bits per heavy atom. The summed E-state index contributed by atoms with van der Waals surface area (Å²) in [4.78, 5) is 30.2. The number of ketones is 1. The minimum absolute atomic E-state index is 0.0417. The van der Waals surface area contributed by atoms with E-state index in [1.54, 1.807) is 36.2 Å². The number of aromatic nitrogens is 2. The summed E-state index contributed by atoms with van der Waals surface area (Å²) in [6.45, 7) is 2.19. The van der Waals surface area contributed by atoms with Gasteiger partial charge in [0.2, 0.25) is 0 Å². The van der Waals surface area contributed by atoms with Crippen LogP contribution in [0.4, 0.5) is 5.69 Å². The molecule has 1 aliphatic heterocycles. The fourth-order valence-electron chi connectivity index (χ4n) is 3.17. The molecule has 2 aromatic heterocycles. The highest BCUT2D eigenvalue weighted by atomic mass is 16.2. The molecule has 0 aliphatic carbocycles. The summed E-state index contributed by atoms with van der Waals surface area (Å²) in [5, 5.41) is 0. The van der Waals surface area contributed by atoms with Crippen molar-refractivity contribution < 1.29 is 9.59 Å². The molecule has 0 saturated heterocycles. The molecule has 0 N–H and O–H groups in total. The number of pyridine rings is 1. The van der Waals surface area contributed by atoms with Gasteiger partial charge in [0.25, 0.3) is 5.91 Å². The predicted molar refractivity (Wildman–Crippen MR) is 96.7 cm³/mol. The molecule has 1 aromatic carbocycles. The summed E-state index contributed by atoms with van der Waals surface area (Å²) in [5.41, 5.74) is 4.32. The highest BCUT2D eigenvalue weighted by Gasteiger charge is 2.23. The van der Waals surface area contributed by atoms with E-state index in [9.17, 15) is 9.59 Å². The minimum Gasteiger partial charge on any atom is -0.308 e. The quantitative estimate of drug-likeness (QED) is 0.547. The van der Waals surface area contributed by atoms with Crippen LogP contribution in [0.2, 0.25) is 0 Å². The van der Waals surface area contributed by atoms with Gasteiger partial charge in [-0.2, -0.15) is 0 Å². The van der Waals surface area contributed by atoms with Crippen LogP contribution in [0.1, 0.15) is 28.5 Å². The van der Waals surface area contributed by atoms with Crippen LogP contribution in [0, 0.1) is 0 Å². The lowest BCUT2D eigenvalue weighted by Gasteiger charge is -2.15. The van der Waals surface area contributed by atoms with Crippen molar-refractivity contribution in [3.05, 3.63) is 71.7 Å². The van der Waals surface area contributed by atoms with Crippen molar-refractivity contribution in [2.45, 2.75) is 13.3 Å². The van der Waals surface area contributed by atoms with E-state index in [-0.39, 0.29) is 11.7 Å². The molecular weight excluding hydrogens is 314 g/mol. The summed E-state index contributed by atoms with van der Waals surface area (Å²) in [6, 6.07) is 11.3. The van der Waals surface area contributed by atoms with Gasteiger partial charge in [-0.25, -0.2) is 4.98 Å². The first kappa shape index (κ1) is 15.3. The van der Waals surface area contributed by atoms with E-state index in [0.29, 0.717) is 12.1 Å². The smallest absolute Gasteiger partial charge is 0.251 e. The SMILES string of the molecule is CC(=O)c1ccc2c(c1)CCN2C(=O)/C=C/c1cnc2ccccn12. The molecule has 0 atom stereocenters. The summed E-state index contributed by atoms with van der Waals surface area (Å²) < 4.78 is 1.93. The number of amides is 1. The van der Waals surface area contributed by atoms with Crippen molar-refractivity contribution in [3.8, 4) is 0 Å². The number of carbonyl (C=O) groups is 2. The van der Waals surface area contributed by atoms with Crippen molar-refractivity contribution in [3.63, 3.8) is 0 Å². The number of hydrogen-bond acceptors (Lipinski definition) is 3. The molecule has 1 aliphatic rings. The molecule has 124 valence electrons. The maximum Gasteiger partial charge on any atom is 0.251 e. The summed E-state index contributed by atoms with van der Waals surface area (Å²) in [6.07, 6.45) is 7.79. The van der Waals surface area contributed by atoms with Gasteiger partial charge in [-0.1, -0.05) is 6.07 Å². The van der Waals surface area contributed by atoms with Crippen molar-refractivity contribution in [2.75, 3.05) is 11.4 Å². The lowest BCUT2D eigenvalue weighted by molar-refractivity contribution is -0.114. The lowest BCUT2D eigenvalue weighted by Crippen LogP contribution is -2.26. The van der Waals surface area contributed by atoms with Gasteiger partial charge in [0.15, 0.2) is 5.78 Å². The Hall–Kier alpha value is -3.21. The van der Waals surface area contributed by atoms with E-state index in [0.717, 1.165) is 29.0 Å². The Labute approximate surface area is 145 Å². The summed E-state index contributed by atoms with van der Waals surface area (Å²) >= 11 is 0. The normalized spacial score (nSPS) is 13.6. The van der Waals surface area contributed by atoms with Crippen molar-refractivity contribution >= 4 is 29.1 Å². The zero-order chi connectivity index (χ0) is 17.4. The van der Waals surface area contributed by atoms with Crippen molar-refractivity contribution in [1.29, 1.82) is 0 Å². The first-order valence-electron chi connectivity index (χ1n) is 8.19. The van der Waals surface area contributed by atoms with Crippen LogP contribution in [0.25, 0.3) is 11.7 Å². The van der Waals surface area contributed by atoms with Gasteiger partial charge in [-0.15, -0.1) is 0 Å². The third-order valence-corrected chi connectivity index (χ3v) is 4.49. The number of benzene rings is 1. The number of imidazole rings is 1. The van der Waals surface area contributed by atoms with Crippen molar-refractivity contribution in [2.24, 2.45) is 0 Å². The van der Waals surface area contributed by atoms with E-state index in [1.807, 2.05) is 40.9 Å². The minimum atomic E-state index is -0.0693. The van der Waals surface area contributed by atoms with Gasteiger partial charge in [0.1, 0.15) is 5.65 Å². The molecule has 0 radical (unpaired) electrons. The molecule has 4 rings (SSSR count). The second-order valence-electron chi connectivity index (χ2n) is 6.08. The van der Waals surface area contributed by atoms with Gasteiger partial charge in [-0.05, 0) is 55.3 Å². The number of hydrogen-bond donors (Lipinski definition) is 0. The third kappa shape index (κ3) is 2.74. The number of rotatable bonds is 3. The maximum atomic E-state index is 12.6. The van der Waals surface area contributed by atoms with Crippen LogP contribution in [0.15, 0.2) is 54.9 Å². The molecule has 0 spiro atoms. The number of fused-ring (bicyclic) bond motifs is 2. The molecule has 5 nitrogen and oxygen atoms in total. The largest absolute Gasteiger partial charge is 0.308 e. The van der Waals surface area contributed by atoms with Crippen LogP contribution < -0.4 is 4.90 Å². The first-order chi connectivity index (χ1) is 12.1. The van der Waals surface area contributed by atoms with Crippen LogP contribution in [-0.2, 0) is 11.2 Å². The standard InChI is InChI=1S/C20H17N3O2/c1-14(24)15-5-7-18-16(12-15)9-11-23(18)20(25)8-6-17-13-21-19-4-2-3-10-22(17)19/h2-8,10,12-13H,9,11H2,1H3/b8-6+. The number of anilines is 1. The third-order valence-electron chi connectivity index (χ3n) is 4.49. The average Bonchev–Trinajstić information content (AvgIpc) is 3.23. The highest BCUT2D eigenvalue weighted by molar-refractivity contribution is 6.05. The number of nitrogens with zero attached hydrogens (tertiary/aromatic N) is 3. The van der Waals surface area contributed by atoms with E-state index in [4.69, 9.17) is 0 Å². The van der Waals surface area contributed by atoms with E-state index >= 15 is 0 Å². The Balaban J connectivity index is 1.58. The fourth-order valence-corrected chi connectivity index (χ4v) is 3.17. The van der Waals surface area contributed by atoms with Crippen LogP contribution in [-0.4, -0.2) is 27.6 Å². The first-order valence-corrected chi connectivity index (χ1v) is 8.19. The summed E-state index contributed by atoms with van der Waals surface area (Å²) in [7, 11) is 0. The molecule has 0 fully saturated rings. The van der Waals surface area contributed by atoms with E-state index < -0.39 is 0 Å². The Bertz CT molecular complexity index is 1020. The van der Waals surface area contributed by atoms with E-state index in [1.165, 1.54) is 0 Å². The zero-order valence-corrected chi connectivity index (χ0v) is 13.8. The molecule has 3 heterocycles. The Morgan fingerprint density at radius 1 is 1.20 bits per heavy atom. The fraction of sp³-hybridized carbons (Fsp3) is 0.150. The Morgan fingerprint density at radius 2 is 2.08 bits per heavy atom. The Kier molecular flexibility index (Phi) is 3.69. The molecule has 0 unspecified atom stereocenters. The number of carbonyl (C=O) groups excluding carboxylic acids is 2. The second kappa shape index (κ2) is 6.02. The number of Topliss-reactive ketones (excluding diaryl/α,β-unsaturated/α-hetero) is 1. The van der Waals surface area contributed by atoms with Gasteiger partial charge in [0.05, 0.1) is 11.9 Å². The molecule has 0 saturated carbocycles. The lowest BCUT2D eigenvalue weighted by atomic mass is 10.1. The van der Waals surface area contributed by atoms with E-state index in [2.05, 4.69) is 4.98 Å². The van der Waals surface area contributed by atoms with Crippen LogP contribution in [0.5, 0.6) is 0 Å². The zero-order valence-electron chi connectivity index (χ0n) is 13.8. The molecular formula is C20H17N3O2. The van der Waals surface area contributed by atoms with Crippen LogP contribution in [0.3, 0.4) is 0 Å². The maximum absolute atomic E-state index is 12.6. The molecule has 0 bridgehead atoms. The molecule has 25 heavy (non-hydrogen) atoms. The topological polar surface area (TPSA) is 54.7 Å². The molecule has 3 aromatic rings. The average molecular weight is 331 g/mol. The monoisotopic (exact) mass is 331 g/mol. The second-order valence-corrected chi connectivity index (χ2v) is 6.08. The summed E-state index contributed by atoms with van der Waals surface area (Å²) in [5.74, 6) is -0.0275. The molecule has 1 amide bonds. The van der Waals surface area contributed by atoms with Gasteiger partial charge in [0, 0.05) is 30.1 Å². The highest BCUT2D eigenvalue weighted by Crippen LogP contribution is 2.29. The van der Waals surface area contributed by atoms with Gasteiger partial charge in [-0.3, -0.25) is 9.59 Å². The van der Waals surface area contributed by atoms with Gasteiger partial charge < -0.3 is 9.30 Å². The predicted octanol–water partition coefficient (Wildman–Crippen LogP) is 3.14. The van der Waals surface area contributed by atoms with Gasteiger partial charge >= 0.3 is 0 Å². The van der Waals surface area contributed by atoms with Crippen LogP contribution >= 0.6 is 0 Å². The molecule has 5 heteroatoms. The van der Waals surface area contributed by atoms with Crippen molar-refractivity contribution in [1.82, 2.24) is 9.38 Å².